The summed E-state index contributed by atoms with van der Waals surface area (Å²) in [5, 5.41) is 3.43. The topological polar surface area (TPSA) is 0 Å². The summed E-state index contributed by atoms with van der Waals surface area (Å²) in [6.45, 7) is 9.78. The minimum atomic E-state index is -1.06. The second-order valence-corrected chi connectivity index (χ2v) is 16.7. The fourth-order valence-electron chi connectivity index (χ4n) is 5.06. The molecule has 0 amide bonds. The zero-order valence-corrected chi connectivity index (χ0v) is 24.0. The molecule has 0 bridgehead atoms. The Morgan fingerprint density at radius 1 is 0.571 bits per heavy atom. The molecule has 0 aromatic heterocycles. The van der Waals surface area contributed by atoms with Crippen LogP contribution in [0.25, 0.3) is 11.1 Å². The molecule has 1 aliphatic heterocycles. The highest BCUT2D eigenvalue weighted by Gasteiger charge is 2.43. The van der Waals surface area contributed by atoms with E-state index in [4.69, 9.17) is 0 Å². The van der Waals surface area contributed by atoms with Gasteiger partial charge in [0.15, 0.2) is 0 Å². The van der Waals surface area contributed by atoms with Crippen molar-refractivity contribution in [1.82, 2.24) is 0 Å². The maximum absolute atomic E-state index is 2.48. The molecule has 2 aromatic carbocycles. The highest BCUT2D eigenvalue weighted by molar-refractivity contribution is 7.84. The van der Waals surface area contributed by atoms with Gasteiger partial charge in [-0.3, -0.25) is 0 Å². The third-order valence-corrected chi connectivity index (χ3v) is 17.0. The van der Waals surface area contributed by atoms with Gasteiger partial charge in [-0.1, -0.05) is 36.4 Å². The quantitative estimate of drug-likeness (QED) is 0.338. The molecule has 0 unspecified atom stereocenters. The molecule has 1 aliphatic rings. The third kappa shape index (κ3) is 4.97. The summed E-state index contributed by atoms with van der Waals surface area (Å²) in [7, 11) is -2.12. The molecule has 0 nitrogen and oxygen atoms in total. The van der Waals surface area contributed by atoms with Crippen LogP contribution in [-0.4, -0.2) is 37.0 Å². The van der Waals surface area contributed by atoms with Gasteiger partial charge in [0.25, 0.3) is 0 Å². The van der Waals surface area contributed by atoms with Crippen molar-refractivity contribution in [3.05, 3.63) is 48.5 Å². The Morgan fingerprint density at radius 2 is 0.893 bits per heavy atom. The number of halogens is 2. The lowest BCUT2D eigenvalue weighted by Crippen LogP contribution is -3.00. The van der Waals surface area contributed by atoms with Crippen LogP contribution in [0.2, 0.25) is 0 Å². The van der Waals surface area contributed by atoms with E-state index in [1.54, 1.807) is 21.7 Å². The van der Waals surface area contributed by atoms with E-state index in [1.165, 1.54) is 49.8 Å². The molecule has 0 saturated heterocycles. The van der Waals surface area contributed by atoms with Crippen molar-refractivity contribution in [3.63, 3.8) is 0 Å². The van der Waals surface area contributed by atoms with Crippen LogP contribution in [0.4, 0.5) is 0 Å². The maximum Gasteiger partial charge on any atom is 0.102 e. The lowest BCUT2D eigenvalue weighted by molar-refractivity contribution is -0.001000. The van der Waals surface area contributed by atoms with E-state index < -0.39 is 14.5 Å². The molecular formula is C24H36I2P2. The highest BCUT2D eigenvalue weighted by Crippen LogP contribution is 2.63. The molecular weight excluding hydrogens is 604 g/mol. The lowest BCUT2D eigenvalue weighted by Gasteiger charge is -2.32. The normalized spacial score (nSPS) is 17.3. The van der Waals surface area contributed by atoms with Crippen molar-refractivity contribution in [2.45, 2.75) is 40.5 Å². The number of hydrogen-bond acceptors (Lipinski definition) is 0. The number of rotatable bonds is 4. The van der Waals surface area contributed by atoms with Gasteiger partial charge >= 0.3 is 0 Å². The van der Waals surface area contributed by atoms with Crippen LogP contribution in [-0.2, 0) is 0 Å². The number of benzene rings is 2. The molecule has 0 N–H and O–H groups in total. The summed E-state index contributed by atoms with van der Waals surface area (Å²) in [4.78, 5) is 0. The first kappa shape index (κ1) is 26.8. The predicted octanol–water partition coefficient (Wildman–Crippen LogP) is 0.521. The highest BCUT2D eigenvalue weighted by atomic mass is 127. The Kier molecular flexibility index (Phi) is 11.5. The van der Waals surface area contributed by atoms with E-state index in [0.29, 0.717) is 0 Å². The van der Waals surface area contributed by atoms with Gasteiger partial charge in [0.05, 0.1) is 37.0 Å². The van der Waals surface area contributed by atoms with Gasteiger partial charge in [0.2, 0.25) is 0 Å². The Hall–Kier alpha value is 0.760. The molecule has 0 saturated carbocycles. The SMILES string of the molecule is CC[P+]1(CC)CCCC[P+](CC)(CC)c2ccccc2-c2ccccc21.[I-].[I-]. The summed E-state index contributed by atoms with van der Waals surface area (Å²) < 4.78 is 0. The molecule has 0 aliphatic carbocycles. The van der Waals surface area contributed by atoms with Gasteiger partial charge in [0, 0.05) is 25.7 Å². The van der Waals surface area contributed by atoms with Gasteiger partial charge < -0.3 is 48.0 Å². The summed E-state index contributed by atoms with van der Waals surface area (Å²) in [6, 6.07) is 18.9. The number of fused-ring (bicyclic) bond motifs is 3. The van der Waals surface area contributed by atoms with E-state index in [1.807, 2.05) is 0 Å². The van der Waals surface area contributed by atoms with Crippen LogP contribution in [0.15, 0.2) is 48.5 Å². The van der Waals surface area contributed by atoms with Crippen molar-refractivity contribution in [1.29, 1.82) is 0 Å². The van der Waals surface area contributed by atoms with Crippen molar-refractivity contribution in [2.24, 2.45) is 0 Å². The summed E-state index contributed by atoms with van der Waals surface area (Å²) in [5.74, 6) is 0. The van der Waals surface area contributed by atoms with E-state index in [2.05, 4.69) is 76.2 Å². The second-order valence-electron chi connectivity index (χ2n) is 7.74. The smallest absolute Gasteiger partial charge is 0.102 e. The van der Waals surface area contributed by atoms with E-state index in [-0.39, 0.29) is 48.0 Å². The monoisotopic (exact) mass is 640 g/mol. The fraction of sp³-hybridized carbons (Fsp3) is 0.500. The van der Waals surface area contributed by atoms with Crippen LogP contribution >= 0.6 is 14.5 Å². The van der Waals surface area contributed by atoms with Crippen LogP contribution < -0.4 is 58.6 Å². The van der Waals surface area contributed by atoms with Crippen LogP contribution in [0.1, 0.15) is 40.5 Å². The van der Waals surface area contributed by atoms with Gasteiger partial charge in [-0.2, -0.15) is 0 Å². The minimum absolute atomic E-state index is 0. The van der Waals surface area contributed by atoms with Crippen molar-refractivity contribution >= 4 is 25.1 Å². The molecule has 0 atom stereocenters. The average molecular weight is 640 g/mol. The largest absolute Gasteiger partial charge is 1.00 e. The first-order chi connectivity index (χ1) is 12.7. The van der Waals surface area contributed by atoms with Crippen LogP contribution in [0.5, 0.6) is 0 Å². The third-order valence-electron chi connectivity index (χ3n) is 6.96. The fourth-order valence-corrected chi connectivity index (χ4v) is 12.9. The van der Waals surface area contributed by atoms with Crippen LogP contribution in [0, 0.1) is 0 Å². The molecule has 0 spiro atoms. The molecule has 28 heavy (non-hydrogen) atoms. The van der Waals surface area contributed by atoms with E-state index >= 15 is 0 Å². The summed E-state index contributed by atoms with van der Waals surface area (Å²) >= 11 is 0. The average Bonchev–Trinajstić information content (AvgIpc) is 2.72. The second kappa shape index (κ2) is 12.0. The van der Waals surface area contributed by atoms with Crippen LogP contribution in [0.3, 0.4) is 0 Å². The standard InChI is InChI=1S/C24H36P2.2HI/c1-5-25(6-2)19-13-14-20-26(7-3,8-4)24-18-12-10-16-22(24)21-15-9-11-17-23(21)25;;/h9-12,15-18H,5-8,13-14,19-20H2,1-4H3;2*1H/q+2;;/p-2. The molecule has 4 heteroatoms. The van der Waals surface area contributed by atoms with Crippen molar-refractivity contribution < 1.29 is 48.0 Å². The molecule has 156 valence electrons. The van der Waals surface area contributed by atoms with Gasteiger partial charge in [-0.25, -0.2) is 0 Å². The molecule has 3 rings (SSSR count). The Morgan fingerprint density at radius 3 is 1.21 bits per heavy atom. The van der Waals surface area contributed by atoms with Crippen molar-refractivity contribution in [2.75, 3.05) is 37.0 Å². The molecule has 0 fully saturated rings. The van der Waals surface area contributed by atoms with Gasteiger partial charge in [-0.15, -0.1) is 0 Å². The summed E-state index contributed by atoms with van der Waals surface area (Å²) in [5.41, 5.74) is 3.13. The lowest BCUT2D eigenvalue weighted by atomic mass is 10.1. The zero-order valence-electron chi connectivity index (χ0n) is 17.9. The number of hydrogen-bond donors (Lipinski definition) is 0. The maximum atomic E-state index is 2.48. The molecule has 0 radical (unpaired) electrons. The van der Waals surface area contributed by atoms with E-state index in [0.717, 1.165) is 0 Å². The Bertz CT molecular complexity index is 673. The molecule has 2 aromatic rings. The van der Waals surface area contributed by atoms with Crippen molar-refractivity contribution in [3.8, 4) is 11.1 Å². The Balaban J connectivity index is 0.00000196. The van der Waals surface area contributed by atoms with E-state index in [9.17, 15) is 0 Å². The first-order valence-corrected chi connectivity index (χ1v) is 15.3. The van der Waals surface area contributed by atoms with Gasteiger partial charge in [-0.05, 0) is 52.7 Å². The summed E-state index contributed by atoms with van der Waals surface area (Å²) in [6.07, 6.45) is 11.2. The minimum Gasteiger partial charge on any atom is -1.00 e. The molecule has 1 heterocycles. The first-order valence-electron chi connectivity index (χ1n) is 10.6. The van der Waals surface area contributed by atoms with Gasteiger partial charge in [0.1, 0.15) is 10.6 Å². The predicted molar refractivity (Wildman–Crippen MR) is 126 cm³/mol. The zero-order chi connectivity index (χ0) is 18.6. The Labute approximate surface area is 208 Å².